The summed E-state index contributed by atoms with van der Waals surface area (Å²) in [6, 6.07) is 7.73. The molecule has 1 N–H and O–H groups in total. The monoisotopic (exact) mass is 402 g/mol. The molecule has 1 fully saturated rings. The van der Waals surface area contributed by atoms with Crippen molar-refractivity contribution >= 4 is 17.7 Å². The minimum Gasteiger partial charge on any atom is -0.497 e. The van der Waals surface area contributed by atoms with E-state index in [9.17, 15) is 4.79 Å². The lowest BCUT2D eigenvalue weighted by atomic mass is 10.2. The van der Waals surface area contributed by atoms with Gasteiger partial charge in [0.1, 0.15) is 5.75 Å². The highest BCUT2D eigenvalue weighted by Crippen LogP contribution is 2.29. The van der Waals surface area contributed by atoms with Crippen molar-refractivity contribution in [3.8, 4) is 17.1 Å². The number of ether oxygens (including phenoxy) is 2. The third-order valence-electron chi connectivity index (χ3n) is 4.55. The van der Waals surface area contributed by atoms with Gasteiger partial charge in [-0.25, -0.2) is 0 Å². The molecule has 28 heavy (non-hydrogen) atoms. The molecule has 2 heterocycles. The first kappa shape index (κ1) is 20.4. The summed E-state index contributed by atoms with van der Waals surface area (Å²) in [6.07, 6.45) is 3.88. The molecule has 0 unspecified atom stereocenters. The van der Waals surface area contributed by atoms with Gasteiger partial charge < -0.3 is 14.8 Å². The molecule has 7 nitrogen and oxygen atoms in total. The van der Waals surface area contributed by atoms with Crippen LogP contribution in [0.4, 0.5) is 0 Å². The summed E-state index contributed by atoms with van der Waals surface area (Å²) >= 11 is 1.40. The maximum absolute atomic E-state index is 12.2. The lowest BCUT2D eigenvalue weighted by molar-refractivity contribution is -0.120. The van der Waals surface area contributed by atoms with Crippen LogP contribution in [-0.4, -0.2) is 52.3 Å². The van der Waals surface area contributed by atoms with Gasteiger partial charge in [0.05, 0.1) is 25.0 Å². The van der Waals surface area contributed by atoms with Crippen molar-refractivity contribution in [2.75, 3.05) is 20.3 Å². The summed E-state index contributed by atoms with van der Waals surface area (Å²) in [4.78, 5) is 12.2. The van der Waals surface area contributed by atoms with Crippen LogP contribution in [0.3, 0.4) is 0 Å². The minimum absolute atomic E-state index is 0.0532. The van der Waals surface area contributed by atoms with Crippen LogP contribution in [0.25, 0.3) is 11.4 Å². The first-order chi connectivity index (χ1) is 13.6. The fourth-order valence-electron chi connectivity index (χ4n) is 3.01. The number of thioether (sulfide) groups is 1. The average Bonchev–Trinajstić information content (AvgIpc) is 3.37. The van der Waals surface area contributed by atoms with E-state index in [4.69, 9.17) is 9.47 Å². The number of nitrogens with zero attached hydrogens (tertiary/aromatic N) is 3. The van der Waals surface area contributed by atoms with E-state index in [0.29, 0.717) is 18.2 Å². The molecule has 2 atom stereocenters. The number of amides is 1. The van der Waals surface area contributed by atoms with Crippen molar-refractivity contribution < 1.29 is 14.3 Å². The SMILES string of the molecule is C=CCNC(=O)[C@H](C)Sc1nnc(-c2ccc(OC)cc2)n1C[C@@H]1CCCO1. The zero-order valence-corrected chi connectivity index (χ0v) is 17.1. The molecular formula is C20H26N4O3S. The molecule has 0 spiro atoms. The van der Waals surface area contributed by atoms with Gasteiger partial charge in [0, 0.05) is 18.7 Å². The third-order valence-corrected chi connectivity index (χ3v) is 5.63. The van der Waals surface area contributed by atoms with Crippen LogP contribution < -0.4 is 10.1 Å². The van der Waals surface area contributed by atoms with Gasteiger partial charge in [-0.2, -0.15) is 0 Å². The molecule has 0 radical (unpaired) electrons. The topological polar surface area (TPSA) is 78.3 Å². The quantitative estimate of drug-likeness (QED) is 0.513. The van der Waals surface area contributed by atoms with Gasteiger partial charge in [0.2, 0.25) is 5.91 Å². The van der Waals surface area contributed by atoms with E-state index < -0.39 is 0 Å². The Morgan fingerprint density at radius 2 is 2.25 bits per heavy atom. The Kier molecular flexibility index (Phi) is 7.11. The van der Waals surface area contributed by atoms with E-state index >= 15 is 0 Å². The van der Waals surface area contributed by atoms with Gasteiger partial charge in [0.15, 0.2) is 11.0 Å². The number of carbonyl (C=O) groups is 1. The third kappa shape index (κ3) is 4.94. The second kappa shape index (κ2) is 9.75. The normalized spacial score (nSPS) is 17.3. The van der Waals surface area contributed by atoms with Crippen LogP contribution in [0, 0.1) is 0 Å². The van der Waals surface area contributed by atoms with Gasteiger partial charge >= 0.3 is 0 Å². The molecule has 8 heteroatoms. The van der Waals surface area contributed by atoms with Crippen molar-refractivity contribution in [3.63, 3.8) is 0 Å². The summed E-state index contributed by atoms with van der Waals surface area (Å²) < 4.78 is 13.1. The minimum atomic E-state index is -0.295. The van der Waals surface area contributed by atoms with Crippen molar-refractivity contribution in [2.45, 2.75) is 42.8 Å². The van der Waals surface area contributed by atoms with Crippen LogP contribution in [0.1, 0.15) is 19.8 Å². The Labute approximate surface area is 169 Å². The molecule has 1 amide bonds. The summed E-state index contributed by atoms with van der Waals surface area (Å²) in [5.41, 5.74) is 0.946. The Balaban J connectivity index is 1.85. The number of carbonyl (C=O) groups excluding carboxylic acids is 1. The number of rotatable bonds is 9. The maximum Gasteiger partial charge on any atom is 0.233 e. The fraction of sp³-hybridized carbons (Fsp3) is 0.450. The van der Waals surface area contributed by atoms with Gasteiger partial charge in [0.25, 0.3) is 0 Å². The molecule has 0 saturated carbocycles. The second-order valence-corrected chi connectivity index (χ2v) is 7.88. The summed E-state index contributed by atoms with van der Waals surface area (Å²) in [5, 5.41) is 12.0. The lowest BCUT2D eigenvalue weighted by Gasteiger charge is -2.16. The van der Waals surface area contributed by atoms with Crippen molar-refractivity contribution in [1.29, 1.82) is 0 Å². The largest absolute Gasteiger partial charge is 0.497 e. The molecule has 2 aromatic rings. The number of benzene rings is 1. The van der Waals surface area contributed by atoms with Crippen molar-refractivity contribution in [3.05, 3.63) is 36.9 Å². The zero-order chi connectivity index (χ0) is 19.9. The second-order valence-electron chi connectivity index (χ2n) is 6.57. The van der Waals surface area contributed by atoms with E-state index in [1.807, 2.05) is 31.2 Å². The summed E-state index contributed by atoms with van der Waals surface area (Å²) in [7, 11) is 1.64. The fourth-order valence-corrected chi connectivity index (χ4v) is 3.90. The molecular weight excluding hydrogens is 376 g/mol. The molecule has 3 rings (SSSR count). The van der Waals surface area contributed by atoms with Crippen molar-refractivity contribution in [1.82, 2.24) is 20.1 Å². The summed E-state index contributed by atoms with van der Waals surface area (Å²) in [5.74, 6) is 1.50. The Hall–Kier alpha value is -2.32. The highest BCUT2D eigenvalue weighted by atomic mass is 32.2. The highest BCUT2D eigenvalue weighted by Gasteiger charge is 2.24. The van der Waals surface area contributed by atoms with Crippen LogP contribution in [0.2, 0.25) is 0 Å². The Morgan fingerprint density at radius 1 is 1.46 bits per heavy atom. The van der Waals surface area contributed by atoms with Gasteiger partial charge in [-0.05, 0) is 44.0 Å². The van der Waals surface area contributed by atoms with E-state index in [0.717, 1.165) is 36.6 Å². The molecule has 1 aliphatic heterocycles. The zero-order valence-electron chi connectivity index (χ0n) is 16.3. The van der Waals surface area contributed by atoms with E-state index in [-0.39, 0.29) is 17.3 Å². The molecule has 1 saturated heterocycles. The number of methoxy groups -OCH3 is 1. The van der Waals surface area contributed by atoms with E-state index in [1.54, 1.807) is 13.2 Å². The predicted octanol–water partition coefficient (Wildman–Crippen LogP) is 2.92. The van der Waals surface area contributed by atoms with Crippen LogP contribution in [0.15, 0.2) is 42.1 Å². The van der Waals surface area contributed by atoms with E-state index in [1.165, 1.54) is 11.8 Å². The molecule has 1 aromatic heterocycles. The van der Waals surface area contributed by atoms with Gasteiger partial charge in [-0.1, -0.05) is 17.8 Å². The van der Waals surface area contributed by atoms with Crippen LogP contribution in [-0.2, 0) is 16.1 Å². The highest BCUT2D eigenvalue weighted by molar-refractivity contribution is 8.00. The smallest absolute Gasteiger partial charge is 0.233 e. The standard InChI is InChI=1S/C20H26N4O3S/c1-4-11-21-19(25)14(2)28-20-23-22-18(15-7-9-16(26-3)10-8-15)24(20)13-17-6-5-12-27-17/h4,7-10,14,17H,1,5-6,11-13H2,2-3H3,(H,21,25)/t14-,17-/m0/s1. The number of hydrogen-bond acceptors (Lipinski definition) is 6. The Bertz CT molecular complexity index is 800. The van der Waals surface area contributed by atoms with Crippen molar-refractivity contribution in [2.24, 2.45) is 0 Å². The molecule has 0 bridgehead atoms. The molecule has 150 valence electrons. The van der Waals surface area contributed by atoms with Gasteiger partial charge in [-0.3, -0.25) is 9.36 Å². The first-order valence-electron chi connectivity index (χ1n) is 9.37. The maximum atomic E-state index is 12.2. The number of hydrogen-bond donors (Lipinski definition) is 1. The molecule has 1 aromatic carbocycles. The molecule has 1 aliphatic rings. The molecule has 0 aliphatic carbocycles. The van der Waals surface area contributed by atoms with E-state index in [2.05, 4.69) is 26.7 Å². The number of aromatic nitrogens is 3. The average molecular weight is 403 g/mol. The van der Waals surface area contributed by atoms with Gasteiger partial charge in [-0.15, -0.1) is 16.8 Å². The summed E-state index contributed by atoms with van der Waals surface area (Å²) in [6.45, 7) is 7.39. The van der Waals surface area contributed by atoms with Crippen LogP contribution in [0.5, 0.6) is 5.75 Å². The first-order valence-corrected chi connectivity index (χ1v) is 10.2. The number of nitrogens with one attached hydrogen (secondary N) is 1. The lowest BCUT2D eigenvalue weighted by Crippen LogP contribution is -2.31. The Morgan fingerprint density at radius 3 is 2.89 bits per heavy atom. The van der Waals surface area contributed by atoms with Crippen LogP contribution >= 0.6 is 11.8 Å². The predicted molar refractivity (Wildman–Crippen MR) is 110 cm³/mol.